The summed E-state index contributed by atoms with van der Waals surface area (Å²) in [4.78, 5) is 25.4. The number of amides is 2. The standard InChI is InChI=1S/C18H20N2O3S/c1-2-23-16-11-13(16)18(22)20-15-8-4-3-7-14(15)19-17(21)10-12-6-5-9-24-12/h3-9,13,16H,2,10-11H2,1H3,(H,19,21)(H,20,22)/t13-,16+/m1/s1. The van der Waals surface area contributed by atoms with Gasteiger partial charge in [-0.2, -0.15) is 0 Å². The minimum atomic E-state index is -0.0993. The van der Waals surface area contributed by atoms with Crippen LogP contribution in [0.4, 0.5) is 11.4 Å². The number of carbonyl (C=O) groups is 2. The summed E-state index contributed by atoms with van der Waals surface area (Å²) in [6.45, 7) is 2.54. The van der Waals surface area contributed by atoms with Gasteiger partial charge in [-0.15, -0.1) is 11.3 Å². The van der Waals surface area contributed by atoms with Crippen molar-refractivity contribution in [2.75, 3.05) is 17.2 Å². The van der Waals surface area contributed by atoms with Crippen molar-refractivity contribution >= 4 is 34.5 Å². The van der Waals surface area contributed by atoms with Crippen molar-refractivity contribution in [1.29, 1.82) is 0 Å². The molecule has 0 saturated heterocycles. The minimum absolute atomic E-state index is 0.0237. The van der Waals surface area contributed by atoms with Gasteiger partial charge < -0.3 is 15.4 Å². The molecule has 1 heterocycles. The molecule has 126 valence electrons. The van der Waals surface area contributed by atoms with Crippen LogP contribution in [0.1, 0.15) is 18.2 Å². The average molecular weight is 344 g/mol. The maximum absolute atomic E-state index is 12.3. The highest BCUT2D eigenvalue weighted by molar-refractivity contribution is 7.10. The van der Waals surface area contributed by atoms with Gasteiger partial charge >= 0.3 is 0 Å². The van der Waals surface area contributed by atoms with E-state index in [0.29, 0.717) is 24.4 Å². The highest BCUT2D eigenvalue weighted by atomic mass is 32.1. The van der Waals surface area contributed by atoms with E-state index in [2.05, 4.69) is 10.6 Å². The third-order valence-corrected chi connectivity index (χ3v) is 4.70. The second-order valence-corrected chi connectivity index (χ2v) is 6.71. The molecule has 1 fully saturated rings. The van der Waals surface area contributed by atoms with Crippen molar-refractivity contribution in [3.8, 4) is 0 Å². The number of rotatable bonds is 7. The van der Waals surface area contributed by atoms with E-state index in [1.54, 1.807) is 23.5 Å². The summed E-state index contributed by atoms with van der Waals surface area (Å²) >= 11 is 1.55. The summed E-state index contributed by atoms with van der Waals surface area (Å²) in [5, 5.41) is 7.71. The lowest BCUT2D eigenvalue weighted by Crippen LogP contribution is -2.19. The van der Waals surface area contributed by atoms with Gasteiger partial charge in [0.1, 0.15) is 0 Å². The lowest BCUT2D eigenvalue weighted by atomic mass is 10.2. The molecule has 0 radical (unpaired) electrons. The van der Waals surface area contributed by atoms with Crippen LogP contribution in [0.5, 0.6) is 0 Å². The summed E-state index contributed by atoms with van der Waals surface area (Å²) in [5.74, 6) is -0.258. The Balaban J connectivity index is 1.60. The first-order chi connectivity index (χ1) is 11.7. The minimum Gasteiger partial charge on any atom is -0.378 e. The number of carbonyl (C=O) groups excluding carboxylic acids is 2. The molecule has 1 saturated carbocycles. The Hall–Kier alpha value is -2.18. The molecule has 0 spiro atoms. The molecule has 1 aromatic carbocycles. The van der Waals surface area contributed by atoms with Gasteiger partial charge in [-0.3, -0.25) is 9.59 Å². The molecule has 2 aromatic rings. The van der Waals surface area contributed by atoms with E-state index in [0.717, 1.165) is 11.3 Å². The summed E-state index contributed by atoms with van der Waals surface area (Å²) in [6, 6.07) is 11.1. The predicted octanol–water partition coefficient (Wildman–Crippen LogP) is 3.29. The summed E-state index contributed by atoms with van der Waals surface area (Å²) in [5.41, 5.74) is 1.23. The van der Waals surface area contributed by atoms with Crippen LogP contribution >= 0.6 is 11.3 Å². The molecule has 2 atom stereocenters. The molecule has 2 amide bonds. The maximum atomic E-state index is 12.3. The fourth-order valence-corrected chi connectivity index (χ4v) is 3.24. The van der Waals surface area contributed by atoms with E-state index < -0.39 is 0 Å². The van der Waals surface area contributed by atoms with Gasteiger partial charge in [0.2, 0.25) is 11.8 Å². The smallest absolute Gasteiger partial charge is 0.230 e. The van der Waals surface area contributed by atoms with Crippen LogP contribution in [0.2, 0.25) is 0 Å². The molecule has 0 bridgehead atoms. The van der Waals surface area contributed by atoms with Gasteiger partial charge in [0.25, 0.3) is 0 Å². The Labute approximate surface area is 145 Å². The van der Waals surface area contributed by atoms with Gasteiger partial charge in [0, 0.05) is 11.5 Å². The molecule has 0 aliphatic heterocycles. The van der Waals surface area contributed by atoms with Crippen molar-refractivity contribution < 1.29 is 14.3 Å². The van der Waals surface area contributed by atoms with Crippen molar-refractivity contribution in [2.45, 2.75) is 25.9 Å². The molecule has 1 aliphatic carbocycles. The zero-order valence-electron chi connectivity index (χ0n) is 13.5. The molecular formula is C18H20N2O3S. The van der Waals surface area contributed by atoms with Gasteiger partial charge in [-0.25, -0.2) is 0 Å². The Bertz CT molecular complexity index is 715. The number of thiophene rings is 1. The second-order valence-electron chi connectivity index (χ2n) is 5.68. The van der Waals surface area contributed by atoms with Crippen LogP contribution < -0.4 is 10.6 Å². The van der Waals surface area contributed by atoms with E-state index in [1.807, 2.05) is 36.6 Å². The molecule has 3 rings (SSSR count). The van der Waals surface area contributed by atoms with Crippen molar-refractivity contribution in [2.24, 2.45) is 5.92 Å². The van der Waals surface area contributed by atoms with E-state index in [-0.39, 0.29) is 23.8 Å². The van der Waals surface area contributed by atoms with Crippen LogP contribution in [0.15, 0.2) is 41.8 Å². The van der Waals surface area contributed by atoms with Gasteiger partial charge in [0.15, 0.2) is 0 Å². The molecule has 24 heavy (non-hydrogen) atoms. The number of benzene rings is 1. The largest absolute Gasteiger partial charge is 0.378 e. The molecule has 0 unspecified atom stereocenters. The first kappa shape index (κ1) is 16.7. The lowest BCUT2D eigenvalue weighted by molar-refractivity contribution is -0.118. The summed E-state index contributed by atoms with van der Waals surface area (Å²) < 4.78 is 5.45. The second kappa shape index (κ2) is 7.59. The van der Waals surface area contributed by atoms with Crippen LogP contribution in [-0.2, 0) is 20.7 Å². The summed E-state index contributed by atoms with van der Waals surface area (Å²) in [7, 11) is 0. The first-order valence-electron chi connectivity index (χ1n) is 8.01. The molecule has 5 nitrogen and oxygen atoms in total. The van der Waals surface area contributed by atoms with Crippen molar-refractivity contribution in [3.05, 3.63) is 46.7 Å². The highest BCUT2D eigenvalue weighted by Crippen LogP contribution is 2.35. The van der Waals surface area contributed by atoms with Crippen LogP contribution in [0.3, 0.4) is 0 Å². The Morgan fingerprint density at radius 2 is 1.92 bits per heavy atom. The molecule has 2 N–H and O–H groups in total. The third-order valence-electron chi connectivity index (χ3n) is 3.82. The third kappa shape index (κ3) is 4.21. The Kier molecular flexibility index (Phi) is 5.27. The van der Waals surface area contributed by atoms with Crippen LogP contribution in [0.25, 0.3) is 0 Å². The lowest BCUT2D eigenvalue weighted by Gasteiger charge is -2.12. The summed E-state index contributed by atoms with van der Waals surface area (Å²) in [6.07, 6.45) is 1.11. The quantitative estimate of drug-likeness (QED) is 0.810. The van der Waals surface area contributed by atoms with Crippen molar-refractivity contribution in [1.82, 2.24) is 0 Å². The number of para-hydroxylation sites is 2. The van der Waals surface area contributed by atoms with E-state index >= 15 is 0 Å². The zero-order valence-corrected chi connectivity index (χ0v) is 14.3. The predicted molar refractivity (Wildman–Crippen MR) is 95.2 cm³/mol. The SMILES string of the molecule is CCO[C@H]1C[C@H]1C(=O)Nc1ccccc1NC(=O)Cc1cccs1. The normalized spacial score (nSPS) is 18.9. The highest BCUT2D eigenvalue weighted by Gasteiger charge is 2.44. The van der Waals surface area contributed by atoms with Crippen LogP contribution in [0, 0.1) is 5.92 Å². The van der Waals surface area contributed by atoms with E-state index in [1.165, 1.54) is 0 Å². The number of nitrogens with one attached hydrogen (secondary N) is 2. The molecular weight excluding hydrogens is 324 g/mol. The number of hydrogen-bond acceptors (Lipinski definition) is 4. The van der Waals surface area contributed by atoms with Gasteiger partial charge in [-0.1, -0.05) is 18.2 Å². The van der Waals surface area contributed by atoms with Gasteiger partial charge in [0.05, 0.1) is 29.8 Å². The van der Waals surface area contributed by atoms with E-state index in [9.17, 15) is 9.59 Å². The topological polar surface area (TPSA) is 67.4 Å². The zero-order chi connectivity index (χ0) is 16.9. The Morgan fingerprint density at radius 3 is 2.58 bits per heavy atom. The molecule has 1 aromatic heterocycles. The van der Waals surface area contributed by atoms with E-state index in [4.69, 9.17) is 4.74 Å². The first-order valence-corrected chi connectivity index (χ1v) is 8.89. The molecule has 1 aliphatic rings. The van der Waals surface area contributed by atoms with Gasteiger partial charge in [-0.05, 0) is 36.9 Å². The molecule has 6 heteroatoms. The monoisotopic (exact) mass is 344 g/mol. The van der Waals surface area contributed by atoms with Crippen LogP contribution in [-0.4, -0.2) is 24.5 Å². The maximum Gasteiger partial charge on any atom is 0.230 e. The Morgan fingerprint density at radius 1 is 1.17 bits per heavy atom. The number of hydrogen-bond donors (Lipinski definition) is 2. The number of anilines is 2. The number of ether oxygens (including phenoxy) is 1. The fraction of sp³-hybridized carbons (Fsp3) is 0.333. The average Bonchev–Trinajstić information content (AvgIpc) is 3.15. The van der Waals surface area contributed by atoms with Crippen molar-refractivity contribution in [3.63, 3.8) is 0 Å². The fourth-order valence-electron chi connectivity index (χ4n) is 2.54.